The van der Waals surface area contributed by atoms with Crippen molar-refractivity contribution in [3.05, 3.63) is 30.3 Å². The van der Waals surface area contributed by atoms with Crippen LogP contribution in [0.5, 0.6) is 0 Å². The highest BCUT2D eigenvalue weighted by atomic mass is 32.2. The van der Waals surface area contributed by atoms with E-state index in [4.69, 9.17) is 0 Å². The van der Waals surface area contributed by atoms with Gasteiger partial charge in [0.05, 0.1) is 10.6 Å². The number of benzene rings is 1. The quantitative estimate of drug-likeness (QED) is 0.847. The Labute approximate surface area is 106 Å². The van der Waals surface area contributed by atoms with Crippen LogP contribution in [0.3, 0.4) is 0 Å². The fourth-order valence-electron chi connectivity index (χ4n) is 2.30. The Bertz CT molecular complexity index is 487. The van der Waals surface area contributed by atoms with Gasteiger partial charge in [0.2, 0.25) is 5.92 Å². The minimum absolute atomic E-state index is 0.0207. The molecule has 0 spiro atoms. The first-order chi connectivity index (χ1) is 8.39. The first-order valence-corrected chi connectivity index (χ1v) is 7.70. The summed E-state index contributed by atoms with van der Waals surface area (Å²) in [6.45, 7) is 0. The maximum absolute atomic E-state index is 13.0. The first kappa shape index (κ1) is 13.5. The largest absolute Gasteiger partial charge is 0.248 e. The van der Waals surface area contributed by atoms with Gasteiger partial charge < -0.3 is 0 Å². The fourth-order valence-corrected chi connectivity index (χ4v) is 4.02. The fraction of sp³-hybridized carbons (Fsp3) is 0.538. The topological polar surface area (TPSA) is 34.1 Å². The summed E-state index contributed by atoms with van der Waals surface area (Å²) in [5, 5.41) is 0. The third-order valence-electron chi connectivity index (χ3n) is 3.39. The van der Waals surface area contributed by atoms with Crippen molar-refractivity contribution in [1.29, 1.82) is 0 Å². The van der Waals surface area contributed by atoms with Crippen LogP contribution in [-0.2, 0) is 9.84 Å². The van der Waals surface area contributed by atoms with Crippen LogP contribution >= 0.6 is 0 Å². The average molecular weight is 274 g/mol. The van der Waals surface area contributed by atoms with Gasteiger partial charge in [-0.15, -0.1) is 0 Å². The van der Waals surface area contributed by atoms with Crippen molar-refractivity contribution >= 4 is 9.84 Å². The molecule has 5 heteroatoms. The van der Waals surface area contributed by atoms with E-state index in [-0.39, 0.29) is 29.4 Å². The second-order valence-electron chi connectivity index (χ2n) is 4.89. The van der Waals surface area contributed by atoms with Crippen LogP contribution in [0, 0.1) is 5.92 Å². The molecule has 1 aromatic rings. The summed E-state index contributed by atoms with van der Waals surface area (Å²) in [4.78, 5) is 0.280. The molecule has 0 bridgehead atoms. The van der Waals surface area contributed by atoms with E-state index in [1.165, 1.54) is 0 Å². The second kappa shape index (κ2) is 4.96. The Hall–Kier alpha value is -0.970. The zero-order chi connectivity index (χ0) is 13.2. The molecule has 1 aliphatic rings. The molecule has 1 aromatic carbocycles. The molecule has 18 heavy (non-hydrogen) atoms. The summed E-state index contributed by atoms with van der Waals surface area (Å²) in [6, 6.07) is 8.18. The van der Waals surface area contributed by atoms with Crippen molar-refractivity contribution in [2.75, 3.05) is 5.75 Å². The van der Waals surface area contributed by atoms with Gasteiger partial charge >= 0.3 is 0 Å². The molecule has 0 amide bonds. The van der Waals surface area contributed by atoms with Crippen LogP contribution in [0.15, 0.2) is 35.2 Å². The molecule has 1 saturated carbocycles. The summed E-state index contributed by atoms with van der Waals surface area (Å²) in [7, 11) is -3.34. The van der Waals surface area contributed by atoms with Crippen molar-refractivity contribution in [1.82, 2.24) is 0 Å². The highest BCUT2D eigenvalue weighted by Crippen LogP contribution is 2.37. The summed E-state index contributed by atoms with van der Waals surface area (Å²) in [5.41, 5.74) is 0. The summed E-state index contributed by atoms with van der Waals surface area (Å²) in [6.07, 6.45) is 0.197. The average Bonchev–Trinajstić information content (AvgIpc) is 2.33. The molecule has 2 nitrogen and oxygen atoms in total. The minimum Gasteiger partial charge on any atom is -0.224 e. The van der Waals surface area contributed by atoms with Crippen LogP contribution < -0.4 is 0 Å². The van der Waals surface area contributed by atoms with E-state index in [1.54, 1.807) is 30.3 Å². The maximum Gasteiger partial charge on any atom is 0.248 e. The highest BCUT2D eigenvalue weighted by molar-refractivity contribution is 7.91. The highest BCUT2D eigenvalue weighted by Gasteiger charge is 2.36. The molecule has 2 rings (SSSR count). The van der Waals surface area contributed by atoms with Crippen LogP contribution in [0.25, 0.3) is 0 Å². The molecular weight excluding hydrogens is 258 g/mol. The van der Waals surface area contributed by atoms with Gasteiger partial charge in [0.25, 0.3) is 0 Å². The third kappa shape index (κ3) is 3.28. The lowest BCUT2D eigenvalue weighted by Crippen LogP contribution is -2.28. The van der Waals surface area contributed by atoms with Crippen LogP contribution in [0.2, 0.25) is 0 Å². The van der Waals surface area contributed by atoms with E-state index in [9.17, 15) is 17.2 Å². The first-order valence-electron chi connectivity index (χ1n) is 6.05. The van der Waals surface area contributed by atoms with Gasteiger partial charge in [0, 0.05) is 12.8 Å². The lowest BCUT2D eigenvalue weighted by Gasteiger charge is -2.27. The molecule has 0 radical (unpaired) electrons. The van der Waals surface area contributed by atoms with Crippen LogP contribution in [-0.4, -0.2) is 20.1 Å². The lowest BCUT2D eigenvalue weighted by atomic mass is 9.88. The lowest BCUT2D eigenvalue weighted by molar-refractivity contribution is -0.0435. The summed E-state index contributed by atoms with van der Waals surface area (Å²) >= 11 is 0. The van der Waals surface area contributed by atoms with Gasteiger partial charge in [-0.3, -0.25) is 0 Å². The molecule has 0 N–H and O–H groups in total. The van der Waals surface area contributed by atoms with E-state index in [0.717, 1.165) is 0 Å². The van der Waals surface area contributed by atoms with Gasteiger partial charge in [0.1, 0.15) is 0 Å². The number of hydrogen-bond acceptors (Lipinski definition) is 2. The number of halogens is 2. The summed E-state index contributed by atoms with van der Waals surface area (Å²) < 4.78 is 50.1. The third-order valence-corrected chi connectivity index (χ3v) is 5.29. The van der Waals surface area contributed by atoms with Gasteiger partial charge in [-0.05, 0) is 30.9 Å². The molecule has 0 heterocycles. The SMILES string of the molecule is O=S(=O)(CC1CCC(F)(F)CC1)c1ccccc1. The molecule has 0 unspecified atom stereocenters. The van der Waals surface area contributed by atoms with Gasteiger partial charge in [-0.2, -0.15) is 0 Å². The minimum atomic E-state index is -3.34. The van der Waals surface area contributed by atoms with Crippen LogP contribution in [0.4, 0.5) is 8.78 Å². The second-order valence-corrected chi connectivity index (χ2v) is 6.93. The van der Waals surface area contributed by atoms with Crippen molar-refractivity contribution < 1.29 is 17.2 Å². The van der Waals surface area contributed by atoms with Crippen molar-refractivity contribution in [2.24, 2.45) is 5.92 Å². The Balaban J connectivity index is 2.02. The Morgan fingerprint density at radius 2 is 1.67 bits per heavy atom. The van der Waals surface area contributed by atoms with Crippen molar-refractivity contribution in [3.8, 4) is 0 Å². The molecule has 100 valence electrons. The van der Waals surface area contributed by atoms with Gasteiger partial charge in [-0.25, -0.2) is 17.2 Å². The normalized spacial score (nSPS) is 20.8. The molecule has 0 saturated heterocycles. The van der Waals surface area contributed by atoms with Crippen molar-refractivity contribution in [2.45, 2.75) is 36.5 Å². The Morgan fingerprint density at radius 1 is 1.11 bits per heavy atom. The zero-order valence-electron chi connectivity index (χ0n) is 9.98. The Morgan fingerprint density at radius 3 is 2.22 bits per heavy atom. The van der Waals surface area contributed by atoms with Gasteiger partial charge in [-0.1, -0.05) is 18.2 Å². The number of alkyl halides is 2. The standard InChI is InChI=1S/C13H16F2O2S/c14-13(15)8-6-11(7-9-13)10-18(16,17)12-4-2-1-3-5-12/h1-5,11H,6-10H2. The molecular formula is C13H16F2O2S. The number of sulfone groups is 1. The van der Waals surface area contributed by atoms with E-state index < -0.39 is 15.8 Å². The Kier molecular flexibility index (Phi) is 3.71. The number of rotatable bonds is 3. The predicted octanol–water partition coefficient (Wildman–Crippen LogP) is 3.29. The monoisotopic (exact) mass is 274 g/mol. The summed E-state index contributed by atoms with van der Waals surface area (Å²) in [5.74, 6) is -2.77. The van der Waals surface area contributed by atoms with Crippen LogP contribution in [0.1, 0.15) is 25.7 Å². The maximum atomic E-state index is 13.0. The van der Waals surface area contributed by atoms with Crippen molar-refractivity contribution in [3.63, 3.8) is 0 Å². The van der Waals surface area contributed by atoms with E-state index in [2.05, 4.69) is 0 Å². The molecule has 0 atom stereocenters. The smallest absolute Gasteiger partial charge is 0.224 e. The van der Waals surface area contributed by atoms with E-state index in [1.807, 2.05) is 0 Å². The molecule has 0 aliphatic heterocycles. The molecule has 0 aromatic heterocycles. The van der Waals surface area contributed by atoms with Gasteiger partial charge in [0.15, 0.2) is 9.84 Å². The molecule has 1 aliphatic carbocycles. The predicted molar refractivity (Wildman–Crippen MR) is 65.4 cm³/mol. The van der Waals surface area contributed by atoms with E-state index in [0.29, 0.717) is 12.8 Å². The zero-order valence-corrected chi connectivity index (χ0v) is 10.8. The van der Waals surface area contributed by atoms with E-state index >= 15 is 0 Å². The molecule has 1 fully saturated rings. The number of hydrogen-bond donors (Lipinski definition) is 0.